The van der Waals surface area contributed by atoms with Crippen LogP contribution in [0.1, 0.15) is 92.4 Å². The van der Waals surface area contributed by atoms with E-state index in [0.717, 1.165) is 19.3 Å². The Morgan fingerprint density at radius 1 is 0.750 bits per heavy atom. The van der Waals surface area contributed by atoms with Gasteiger partial charge in [0.2, 0.25) is 0 Å². The number of ether oxygens (including phenoxy) is 1. The molecule has 0 aromatic rings. The third kappa shape index (κ3) is 4.94. The Labute approximate surface area is 190 Å². The quantitative estimate of drug-likeness (QED) is 0.270. The van der Waals surface area contributed by atoms with E-state index in [9.17, 15) is 34.5 Å². The molecule has 1 rings (SSSR count). The van der Waals surface area contributed by atoms with Crippen LogP contribution in [0.5, 0.6) is 0 Å². The standard InChI is InChI=1S/C24H40O8/c1-6-15(5)16(7-2)14-17(8-3)18(9-4)32-22(31)24(21(29)30)13-11-10-12-23(24,19(25)26)20(27)28/h15-18H,6-14H2,1-5H3,(H,25,26)(H,27,28)(H,29,30). The first-order valence-corrected chi connectivity index (χ1v) is 11.9. The van der Waals surface area contributed by atoms with Gasteiger partial charge in [-0.1, -0.05) is 60.3 Å². The van der Waals surface area contributed by atoms with Crippen LogP contribution in [-0.2, 0) is 23.9 Å². The number of carboxylic acids is 3. The lowest BCUT2D eigenvalue weighted by atomic mass is 9.55. The fourth-order valence-electron chi connectivity index (χ4n) is 5.39. The summed E-state index contributed by atoms with van der Waals surface area (Å²) >= 11 is 0. The summed E-state index contributed by atoms with van der Waals surface area (Å²) in [5, 5.41) is 29.7. The summed E-state index contributed by atoms with van der Waals surface area (Å²) in [4.78, 5) is 50.0. The number of carboxylic acid groups (broad SMARTS) is 3. The first-order chi connectivity index (χ1) is 15.0. The van der Waals surface area contributed by atoms with Gasteiger partial charge in [0.1, 0.15) is 6.10 Å². The lowest BCUT2D eigenvalue weighted by molar-refractivity contribution is -0.205. The minimum absolute atomic E-state index is 0.0265. The Balaban J connectivity index is 3.36. The van der Waals surface area contributed by atoms with E-state index in [0.29, 0.717) is 24.7 Å². The lowest BCUT2D eigenvalue weighted by Gasteiger charge is -2.44. The van der Waals surface area contributed by atoms with E-state index in [2.05, 4.69) is 20.8 Å². The van der Waals surface area contributed by atoms with Crippen LogP contribution in [0.25, 0.3) is 0 Å². The summed E-state index contributed by atoms with van der Waals surface area (Å²) in [6.07, 6.45) is 2.97. The van der Waals surface area contributed by atoms with Gasteiger partial charge in [0, 0.05) is 0 Å². The number of rotatable bonds is 13. The van der Waals surface area contributed by atoms with Crippen molar-refractivity contribution in [3.63, 3.8) is 0 Å². The van der Waals surface area contributed by atoms with Crippen LogP contribution < -0.4 is 0 Å². The molecule has 0 aromatic carbocycles. The summed E-state index contributed by atoms with van der Waals surface area (Å²) in [6, 6.07) is 0. The second-order valence-corrected chi connectivity index (χ2v) is 9.24. The topological polar surface area (TPSA) is 138 Å². The summed E-state index contributed by atoms with van der Waals surface area (Å²) < 4.78 is 5.72. The van der Waals surface area contributed by atoms with E-state index in [-0.39, 0.29) is 25.2 Å². The first kappa shape index (κ1) is 27.9. The zero-order valence-electron chi connectivity index (χ0n) is 20.1. The molecule has 8 heteroatoms. The molecule has 0 heterocycles. The van der Waals surface area contributed by atoms with E-state index >= 15 is 0 Å². The van der Waals surface area contributed by atoms with E-state index in [1.54, 1.807) is 0 Å². The largest absolute Gasteiger partial charge is 0.480 e. The maximum absolute atomic E-state index is 13.4. The van der Waals surface area contributed by atoms with Gasteiger partial charge in [0.15, 0.2) is 10.8 Å². The highest BCUT2D eigenvalue weighted by Gasteiger charge is 2.72. The summed E-state index contributed by atoms with van der Waals surface area (Å²) in [7, 11) is 0. The van der Waals surface area contributed by atoms with E-state index < -0.39 is 47.2 Å². The van der Waals surface area contributed by atoms with Crippen LogP contribution in [0.2, 0.25) is 0 Å². The zero-order chi connectivity index (χ0) is 24.7. The van der Waals surface area contributed by atoms with Gasteiger partial charge in [-0.3, -0.25) is 19.2 Å². The number of esters is 1. The number of carbonyl (C=O) groups is 4. The summed E-state index contributed by atoms with van der Waals surface area (Å²) in [5.74, 6) is -5.74. The van der Waals surface area contributed by atoms with Gasteiger partial charge in [-0.15, -0.1) is 0 Å². The molecule has 0 aromatic heterocycles. The Hall–Kier alpha value is -2.12. The van der Waals surface area contributed by atoms with Crippen LogP contribution >= 0.6 is 0 Å². The third-order valence-corrected chi connectivity index (χ3v) is 7.82. The van der Waals surface area contributed by atoms with Crippen LogP contribution in [0.4, 0.5) is 0 Å². The van der Waals surface area contributed by atoms with Crippen molar-refractivity contribution >= 4 is 23.9 Å². The zero-order valence-corrected chi connectivity index (χ0v) is 20.1. The molecule has 1 fully saturated rings. The maximum atomic E-state index is 13.4. The highest BCUT2D eigenvalue weighted by molar-refractivity contribution is 6.13. The Kier molecular flexibility index (Phi) is 10.2. The molecule has 8 nitrogen and oxygen atoms in total. The molecular formula is C24H40O8. The smallest absolute Gasteiger partial charge is 0.325 e. The predicted octanol–water partition coefficient (Wildman–Crippen LogP) is 4.60. The SMILES string of the molecule is CCC(C)C(CC)CC(CC)C(CC)OC(=O)C1(C(=O)O)CCCCC1(C(=O)O)C(=O)O. The molecule has 184 valence electrons. The first-order valence-electron chi connectivity index (χ1n) is 11.9. The normalized spacial score (nSPS) is 24.0. The molecule has 32 heavy (non-hydrogen) atoms. The molecule has 0 aliphatic heterocycles. The second kappa shape index (κ2) is 11.7. The average molecular weight is 457 g/mol. The highest BCUT2D eigenvalue weighted by Crippen LogP contribution is 2.53. The van der Waals surface area contributed by atoms with Crippen LogP contribution in [0.15, 0.2) is 0 Å². The molecule has 0 amide bonds. The van der Waals surface area contributed by atoms with Crippen molar-refractivity contribution in [2.24, 2.45) is 28.6 Å². The molecule has 5 atom stereocenters. The van der Waals surface area contributed by atoms with Gasteiger partial charge in [-0.25, -0.2) is 0 Å². The molecule has 0 saturated heterocycles. The van der Waals surface area contributed by atoms with Crippen molar-refractivity contribution in [2.75, 3.05) is 0 Å². The third-order valence-electron chi connectivity index (χ3n) is 7.82. The molecule has 1 saturated carbocycles. The van der Waals surface area contributed by atoms with E-state index in [1.807, 2.05) is 13.8 Å². The van der Waals surface area contributed by atoms with Gasteiger partial charge >= 0.3 is 23.9 Å². The number of carbonyl (C=O) groups excluding carboxylic acids is 1. The minimum atomic E-state index is -2.75. The van der Waals surface area contributed by atoms with Gasteiger partial charge in [-0.2, -0.15) is 0 Å². The van der Waals surface area contributed by atoms with Gasteiger partial charge in [-0.05, 0) is 49.9 Å². The second-order valence-electron chi connectivity index (χ2n) is 9.24. The van der Waals surface area contributed by atoms with Crippen molar-refractivity contribution in [3.8, 4) is 0 Å². The summed E-state index contributed by atoms with van der Waals surface area (Å²) in [5.41, 5.74) is -5.41. The van der Waals surface area contributed by atoms with E-state index in [4.69, 9.17) is 4.74 Å². The fourth-order valence-corrected chi connectivity index (χ4v) is 5.39. The molecule has 1 aliphatic carbocycles. The van der Waals surface area contributed by atoms with Crippen LogP contribution in [0, 0.1) is 28.6 Å². The van der Waals surface area contributed by atoms with Crippen molar-refractivity contribution in [1.29, 1.82) is 0 Å². The van der Waals surface area contributed by atoms with Crippen LogP contribution in [-0.4, -0.2) is 45.3 Å². The number of hydrogen-bond acceptors (Lipinski definition) is 5. The molecule has 3 N–H and O–H groups in total. The molecule has 0 radical (unpaired) electrons. The Bertz CT molecular complexity index is 673. The number of aliphatic carboxylic acids is 3. The van der Waals surface area contributed by atoms with Crippen molar-refractivity contribution in [2.45, 2.75) is 98.5 Å². The Morgan fingerprint density at radius 2 is 1.22 bits per heavy atom. The minimum Gasteiger partial charge on any atom is -0.480 e. The van der Waals surface area contributed by atoms with Crippen LogP contribution in [0.3, 0.4) is 0 Å². The summed E-state index contributed by atoms with van der Waals surface area (Å²) in [6.45, 7) is 10.2. The number of hydrogen-bond donors (Lipinski definition) is 3. The Morgan fingerprint density at radius 3 is 1.59 bits per heavy atom. The molecular weight excluding hydrogens is 416 g/mol. The monoisotopic (exact) mass is 456 g/mol. The molecule has 1 aliphatic rings. The van der Waals surface area contributed by atoms with Crippen molar-refractivity contribution in [1.82, 2.24) is 0 Å². The average Bonchev–Trinajstić information content (AvgIpc) is 2.77. The maximum Gasteiger partial charge on any atom is 0.325 e. The van der Waals surface area contributed by atoms with Gasteiger partial charge in [0.05, 0.1) is 0 Å². The van der Waals surface area contributed by atoms with Gasteiger partial charge in [0.25, 0.3) is 0 Å². The van der Waals surface area contributed by atoms with Crippen molar-refractivity contribution < 1.29 is 39.2 Å². The van der Waals surface area contributed by atoms with Crippen molar-refractivity contribution in [3.05, 3.63) is 0 Å². The predicted molar refractivity (Wildman–Crippen MR) is 118 cm³/mol. The lowest BCUT2D eigenvalue weighted by Crippen LogP contribution is -2.63. The molecule has 5 unspecified atom stereocenters. The van der Waals surface area contributed by atoms with E-state index in [1.165, 1.54) is 0 Å². The molecule has 0 bridgehead atoms. The fraction of sp³-hybridized carbons (Fsp3) is 0.833. The molecule has 0 spiro atoms. The highest BCUT2D eigenvalue weighted by atomic mass is 16.5. The van der Waals surface area contributed by atoms with Gasteiger partial charge < -0.3 is 20.1 Å².